The second-order valence-corrected chi connectivity index (χ2v) is 5.22. The summed E-state index contributed by atoms with van der Waals surface area (Å²) in [5.74, 6) is -6.76. The summed E-state index contributed by atoms with van der Waals surface area (Å²) in [7, 11) is 0. The molecule has 2 rings (SSSR count). The zero-order valence-electron chi connectivity index (χ0n) is 12.6. The van der Waals surface area contributed by atoms with Crippen molar-refractivity contribution in [3.63, 3.8) is 0 Å². The molecule has 0 aliphatic heterocycles. The fourth-order valence-corrected chi connectivity index (χ4v) is 2.33. The third-order valence-electron chi connectivity index (χ3n) is 3.49. The van der Waals surface area contributed by atoms with E-state index in [1.54, 1.807) is 0 Å². The summed E-state index contributed by atoms with van der Waals surface area (Å²) in [5, 5.41) is 10.4. The molecular weight excluding hydrogens is 376 g/mol. The topological polar surface area (TPSA) is 29.5 Å². The molecule has 0 saturated heterocycles. The smallest absolute Gasteiger partial charge is 0.406 e. The van der Waals surface area contributed by atoms with E-state index in [0.29, 0.717) is 12.1 Å². The van der Waals surface area contributed by atoms with Crippen molar-refractivity contribution >= 4 is 0 Å². The Balaban J connectivity index is 2.69. The molecular formula is C16H10F8O2. The minimum atomic E-state index is -6.18. The van der Waals surface area contributed by atoms with Crippen molar-refractivity contribution in [1.29, 1.82) is 0 Å². The highest BCUT2D eigenvalue weighted by Gasteiger charge is 2.71. The number of hydrogen-bond acceptors (Lipinski definition) is 2. The number of aliphatic hydroxyl groups is 1. The van der Waals surface area contributed by atoms with E-state index in [1.165, 1.54) is 6.07 Å². The lowest BCUT2D eigenvalue weighted by molar-refractivity contribution is -0.336. The molecule has 0 saturated carbocycles. The Labute approximate surface area is 141 Å². The van der Waals surface area contributed by atoms with E-state index in [1.807, 2.05) is 0 Å². The Morgan fingerprint density at radius 2 is 1.23 bits per heavy atom. The summed E-state index contributed by atoms with van der Waals surface area (Å²) in [6.07, 6.45) is -11.4. The van der Waals surface area contributed by atoms with Gasteiger partial charge in [-0.05, 0) is 23.3 Å². The monoisotopic (exact) mass is 386 g/mol. The summed E-state index contributed by atoms with van der Waals surface area (Å²) in [6, 6.07) is 7.50. The summed E-state index contributed by atoms with van der Waals surface area (Å²) in [6.45, 7) is 0. The Bertz CT molecular complexity index is 755. The molecule has 0 aliphatic rings. The van der Waals surface area contributed by atoms with E-state index in [-0.39, 0.29) is 6.07 Å². The first kappa shape index (κ1) is 20.0. The number of rotatable bonds is 4. The lowest BCUT2D eigenvalue weighted by atomic mass is 9.80. The van der Waals surface area contributed by atoms with E-state index >= 15 is 0 Å². The maximum Gasteiger partial charge on any atom is 0.573 e. The summed E-state index contributed by atoms with van der Waals surface area (Å²) in [4.78, 5) is 0. The molecule has 10 heteroatoms. The van der Waals surface area contributed by atoms with Crippen LogP contribution in [0.25, 0.3) is 0 Å². The van der Waals surface area contributed by atoms with E-state index in [2.05, 4.69) is 4.74 Å². The Morgan fingerprint density at radius 1 is 0.692 bits per heavy atom. The van der Waals surface area contributed by atoms with E-state index in [0.717, 1.165) is 30.3 Å². The van der Waals surface area contributed by atoms with Gasteiger partial charge in [0.1, 0.15) is 5.75 Å². The van der Waals surface area contributed by atoms with Crippen molar-refractivity contribution in [2.24, 2.45) is 0 Å². The first-order chi connectivity index (χ1) is 11.8. The third-order valence-corrected chi connectivity index (χ3v) is 3.49. The highest BCUT2D eigenvalue weighted by Crippen LogP contribution is 2.52. The number of ether oxygens (including phenoxy) is 1. The Hall–Kier alpha value is -2.36. The van der Waals surface area contributed by atoms with Gasteiger partial charge in [0.05, 0.1) is 0 Å². The second-order valence-electron chi connectivity index (χ2n) is 5.22. The molecule has 0 spiro atoms. The molecule has 1 N–H and O–H groups in total. The molecule has 0 radical (unpaired) electrons. The predicted octanol–water partition coefficient (Wildman–Crippen LogP) is 5.02. The lowest BCUT2D eigenvalue weighted by Gasteiger charge is -2.37. The molecule has 2 nitrogen and oxygen atoms in total. The summed E-state index contributed by atoms with van der Waals surface area (Å²) in [5.41, 5.74) is -5.95. The normalized spacial score (nSPS) is 15.4. The molecule has 0 bridgehead atoms. The van der Waals surface area contributed by atoms with Crippen LogP contribution in [0, 0.1) is 0 Å². The minimum Gasteiger partial charge on any atom is -0.406 e. The van der Waals surface area contributed by atoms with Crippen LogP contribution in [-0.2, 0) is 5.60 Å². The lowest BCUT2D eigenvalue weighted by Crippen LogP contribution is -2.55. The van der Waals surface area contributed by atoms with Gasteiger partial charge in [-0.2, -0.15) is 22.0 Å². The molecule has 0 heterocycles. The van der Waals surface area contributed by atoms with Gasteiger partial charge in [-0.25, -0.2) is 0 Å². The highest BCUT2D eigenvalue weighted by molar-refractivity contribution is 5.43. The molecule has 0 amide bonds. The quantitative estimate of drug-likeness (QED) is 0.748. The largest absolute Gasteiger partial charge is 0.573 e. The van der Waals surface area contributed by atoms with Gasteiger partial charge in [0.2, 0.25) is 0 Å². The highest BCUT2D eigenvalue weighted by atomic mass is 19.4. The van der Waals surface area contributed by atoms with Crippen LogP contribution in [0.3, 0.4) is 0 Å². The average molecular weight is 386 g/mol. The molecule has 2 aromatic rings. The zero-order chi connectivity index (χ0) is 19.8. The van der Waals surface area contributed by atoms with Crippen molar-refractivity contribution in [2.45, 2.75) is 24.1 Å². The number of halogens is 8. The maximum absolute atomic E-state index is 14.2. The van der Waals surface area contributed by atoms with Gasteiger partial charge in [0, 0.05) is 0 Å². The van der Waals surface area contributed by atoms with Crippen LogP contribution >= 0.6 is 0 Å². The molecule has 26 heavy (non-hydrogen) atoms. The Morgan fingerprint density at radius 3 is 1.73 bits per heavy atom. The molecule has 0 aromatic heterocycles. The molecule has 1 atom stereocenters. The van der Waals surface area contributed by atoms with E-state index in [9.17, 15) is 40.2 Å². The van der Waals surface area contributed by atoms with Crippen LogP contribution in [0.4, 0.5) is 35.1 Å². The third kappa shape index (κ3) is 3.59. The fourth-order valence-electron chi connectivity index (χ4n) is 2.33. The van der Waals surface area contributed by atoms with Gasteiger partial charge in [0.15, 0.2) is 5.60 Å². The Kier molecular flexibility index (Phi) is 4.93. The van der Waals surface area contributed by atoms with Crippen LogP contribution in [-0.4, -0.2) is 23.6 Å². The van der Waals surface area contributed by atoms with E-state index < -0.39 is 40.9 Å². The second kappa shape index (κ2) is 6.42. The first-order valence-electron chi connectivity index (χ1n) is 6.88. The number of alkyl halides is 8. The van der Waals surface area contributed by atoms with Gasteiger partial charge < -0.3 is 9.84 Å². The maximum atomic E-state index is 14.2. The standard InChI is InChI=1S/C16H10F8O2/c17-14(18,15(19,20)21)13(25,10-5-2-1-3-6-10)11-7-4-8-12(9-11)26-16(22,23)24/h1-9,25H. The number of benzene rings is 2. The van der Waals surface area contributed by atoms with Crippen LogP contribution in [0.5, 0.6) is 5.75 Å². The van der Waals surface area contributed by atoms with Gasteiger partial charge in [-0.15, -0.1) is 13.2 Å². The van der Waals surface area contributed by atoms with Gasteiger partial charge >= 0.3 is 18.5 Å². The van der Waals surface area contributed by atoms with E-state index in [4.69, 9.17) is 0 Å². The average Bonchev–Trinajstić information content (AvgIpc) is 2.52. The minimum absolute atomic E-state index is 0.278. The molecule has 0 fully saturated rings. The molecule has 142 valence electrons. The van der Waals surface area contributed by atoms with Crippen molar-refractivity contribution in [2.75, 3.05) is 0 Å². The van der Waals surface area contributed by atoms with Crippen molar-refractivity contribution < 1.29 is 45.0 Å². The van der Waals surface area contributed by atoms with Gasteiger partial charge in [-0.3, -0.25) is 0 Å². The van der Waals surface area contributed by atoms with Gasteiger partial charge in [-0.1, -0.05) is 42.5 Å². The van der Waals surface area contributed by atoms with Crippen molar-refractivity contribution in [3.05, 3.63) is 65.7 Å². The van der Waals surface area contributed by atoms with Crippen LogP contribution in [0.2, 0.25) is 0 Å². The van der Waals surface area contributed by atoms with Crippen LogP contribution in [0.1, 0.15) is 11.1 Å². The first-order valence-corrected chi connectivity index (χ1v) is 6.88. The van der Waals surface area contributed by atoms with Gasteiger partial charge in [0.25, 0.3) is 0 Å². The fraction of sp³-hybridized carbons (Fsp3) is 0.250. The van der Waals surface area contributed by atoms with Crippen molar-refractivity contribution in [1.82, 2.24) is 0 Å². The van der Waals surface area contributed by atoms with Crippen molar-refractivity contribution in [3.8, 4) is 5.75 Å². The zero-order valence-corrected chi connectivity index (χ0v) is 12.6. The number of hydrogen-bond donors (Lipinski definition) is 1. The summed E-state index contributed by atoms with van der Waals surface area (Å²) < 4.78 is 108. The van der Waals surface area contributed by atoms with Crippen LogP contribution < -0.4 is 4.74 Å². The molecule has 2 aromatic carbocycles. The molecule has 0 aliphatic carbocycles. The predicted molar refractivity (Wildman–Crippen MR) is 73.6 cm³/mol. The summed E-state index contributed by atoms with van der Waals surface area (Å²) >= 11 is 0. The molecule has 1 unspecified atom stereocenters. The van der Waals surface area contributed by atoms with Crippen LogP contribution in [0.15, 0.2) is 54.6 Å². The SMILES string of the molecule is OC(c1ccccc1)(c1cccc(OC(F)(F)F)c1)C(F)(F)C(F)(F)F.